The fraction of sp³-hybridized carbons (Fsp3) is 0.414. The number of benzene rings is 3. The van der Waals surface area contributed by atoms with E-state index >= 15 is 0 Å². The third-order valence-electron chi connectivity index (χ3n) is 6.64. The molecule has 0 radical (unpaired) electrons. The zero-order valence-electron chi connectivity index (χ0n) is 19.7. The van der Waals surface area contributed by atoms with Crippen LogP contribution in [0.2, 0.25) is 0 Å². The lowest BCUT2D eigenvalue weighted by atomic mass is 9.90. The molecule has 4 heteroatoms. The van der Waals surface area contributed by atoms with E-state index in [9.17, 15) is 4.79 Å². The summed E-state index contributed by atoms with van der Waals surface area (Å²) in [5, 5.41) is 2.70. The first kappa shape index (κ1) is 23.5. The monoisotopic (exact) mass is 445 g/mol. The number of hydrogen-bond donors (Lipinski definition) is 0. The molecule has 33 heavy (non-hydrogen) atoms. The quantitative estimate of drug-likeness (QED) is 0.290. The van der Waals surface area contributed by atoms with Crippen molar-refractivity contribution in [2.24, 2.45) is 0 Å². The number of esters is 1. The Morgan fingerprint density at radius 1 is 0.970 bits per heavy atom. The first-order chi connectivity index (χ1) is 16.2. The first-order valence-corrected chi connectivity index (χ1v) is 12.2. The molecule has 0 unspecified atom stereocenters. The van der Waals surface area contributed by atoms with Crippen LogP contribution in [0.1, 0.15) is 53.6 Å². The third-order valence-corrected chi connectivity index (χ3v) is 6.64. The van der Waals surface area contributed by atoms with Crippen molar-refractivity contribution in [3.63, 3.8) is 0 Å². The fourth-order valence-corrected chi connectivity index (χ4v) is 4.60. The van der Waals surface area contributed by atoms with Crippen molar-refractivity contribution in [2.45, 2.75) is 38.5 Å². The summed E-state index contributed by atoms with van der Waals surface area (Å²) in [5.74, 6) is 0.310. The van der Waals surface area contributed by atoms with Gasteiger partial charge in [-0.1, -0.05) is 67.9 Å². The molecule has 4 nitrogen and oxygen atoms in total. The summed E-state index contributed by atoms with van der Waals surface area (Å²) in [6.45, 7) is 6.87. The molecular weight excluding hydrogens is 410 g/mol. The van der Waals surface area contributed by atoms with Gasteiger partial charge in [0.25, 0.3) is 0 Å². The summed E-state index contributed by atoms with van der Waals surface area (Å²) >= 11 is 0. The zero-order chi connectivity index (χ0) is 22.9. The fourth-order valence-electron chi connectivity index (χ4n) is 4.60. The average molecular weight is 446 g/mol. The van der Waals surface area contributed by atoms with Gasteiger partial charge >= 0.3 is 5.97 Å². The van der Waals surface area contributed by atoms with E-state index in [1.54, 1.807) is 0 Å². The lowest BCUT2D eigenvalue weighted by molar-refractivity contribution is 0.0195. The molecule has 0 spiro atoms. The Morgan fingerprint density at radius 2 is 1.73 bits per heavy atom. The summed E-state index contributed by atoms with van der Waals surface area (Å²) in [4.78, 5) is 14.6. The van der Waals surface area contributed by atoms with E-state index in [1.165, 1.54) is 34.7 Å². The molecule has 1 saturated heterocycles. The number of carbonyl (C=O) groups excluding carboxylic acids is 1. The molecule has 0 aliphatic carbocycles. The normalized spacial score (nSPS) is 15.4. The number of aryl methyl sites for hydroxylation is 1. The van der Waals surface area contributed by atoms with Crippen molar-refractivity contribution in [2.75, 3.05) is 39.5 Å². The number of fused-ring (bicyclic) bond motifs is 1. The highest BCUT2D eigenvalue weighted by molar-refractivity contribution is 5.89. The van der Waals surface area contributed by atoms with Gasteiger partial charge in [0.2, 0.25) is 0 Å². The predicted molar refractivity (Wildman–Crippen MR) is 134 cm³/mol. The van der Waals surface area contributed by atoms with Crippen LogP contribution in [0.15, 0.2) is 66.7 Å². The second kappa shape index (κ2) is 12.0. The molecule has 0 aromatic heterocycles. The Hall–Kier alpha value is -2.69. The van der Waals surface area contributed by atoms with Gasteiger partial charge in [0, 0.05) is 19.6 Å². The van der Waals surface area contributed by atoms with Gasteiger partial charge < -0.3 is 9.47 Å². The largest absolute Gasteiger partial charge is 0.461 e. The number of rotatable bonds is 10. The van der Waals surface area contributed by atoms with Crippen LogP contribution in [-0.2, 0) is 15.9 Å². The Balaban J connectivity index is 1.18. The van der Waals surface area contributed by atoms with E-state index in [-0.39, 0.29) is 5.97 Å². The smallest absolute Gasteiger partial charge is 0.338 e. The molecule has 0 saturated carbocycles. The van der Waals surface area contributed by atoms with E-state index in [0.717, 1.165) is 45.7 Å². The number of ether oxygens (including phenoxy) is 2. The third kappa shape index (κ3) is 6.66. The molecule has 1 aliphatic rings. The molecule has 1 atom stereocenters. The molecular formula is C29H35NO3. The van der Waals surface area contributed by atoms with E-state index in [4.69, 9.17) is 9.47 Å². The average Bonchev–Trinajstić information content (AvgIpc) is 2.87. The van der Waals surface area contributed by atoms with Crippen molar-refractivity contribution in [3.8, 4) is 0 Å². The summed E-state index contributed by atoms with van der Waals surface area (Å²) < 4.78 is 10.8. The highest BCUT2D eigenvalue weighted by atomic mass is 16.5. The zero-order valence-corrected chi connectivity index (χ0v) is 19.7. The molecule has 3 aromatic rings. The predicted octanol–water partition coefficient (Wildman–Crippen LogP) is 5.85. The highest BCUT2D eigenvalue weighted by Crippen LogP contribution is 2.29. The maximum Gasteiger partial charge on any atom is 0.338 e. The summed E-state index contributed by atoms with van der Waals surface area (Å²) in [5.41, 5.74) is 3.35. The minimum atomic E-state index is -0.237. The first-order valence-electron chi connectivity index (χ1n) is 12.2. The second-order valence-electron chi connectivity index (χ2n) is 9.00. The van der Waals surface area contributed by atoms with Crippen LogP contribution in [0.5, 0.6) is 0 Å². The van der Waals surface area contributed by atoms with Gasteiger partial charge in [-0.25, -0.2) is 4.79 Å². The van der Waals surface area contributed by atoms with Gasteiger partial charge in [0.05, 0.1) is 18.8 Å². The van der Waals surface area contributed by atoms with Crippen molar-refractivity contribution in [1.82, 2.24) is 4.90 Å². The standard InChI is InChI=1S/C29H35NO3/c1-23(27-12-6-10-25-9-4-5-11-28(25)27)7-2-3-8-24-13-15-26(16-14-24)29(31)33-22-19-30-17-20-32-21-18-30/h4-6,9-16,23H,2-3,7-8,17-22H2,1H3/t23-/m0/s1. The van der Waals surface area contributed by atoms with Gasteiger partial charge in [-0.05, 0) is 59.2 Å². The van der Waals surface area contributed by atoms with Crippen molar-refractivity contribution in [1.29, 1.82) is 0 Å². The lowest BCUT2D eigenvalue weighted by Crippen LogP contribution is -2.38. The van der Waals surface area contributed by atoms with Crippen LogP contribution < -0.4 is 0 Å². The van der Waals surface area contributed by atoms with Gasteiger partial charge in [-0.2, -0.15) is 0 Å². The Labute approximate surface area is 197 Å². The van der Waals surface area contributed by atoms with Crippen molar-refractivity contribution >= 4 is 16.7 Å². The number of nitrogens with zero attached hydrogens (tertiary/aromatic N) is 1. The van der Waals surface area contributed by atoms with E-state index in [2.05, 4.69) is 66.4 Å². The van der Waals surface area contributed by atoms with Crippen LogP contribution in [0.4, 0.5) is 0 Å². The van der Waals surface area contributed by atoms with E-state index in [1.807, 2.05) is 12.1 Å². The lowest BCUT2D eigenvalue weighted by Gasteiger charge is -2.26. The van der Waals surface area contributed by atoms with Crippen LogP contribution in [0.3, 0.4) is 0 Å². The van der Waals surface area contributed by atoms with Gasteiger partial charge in [0.1, 0.15) is 6.61 Å². The number of hydrogen-bond acceptors (Lipinski definition) is 4. The SMILES string of the molecule is C[C@@H](CCCCc1ccc(C(=O)OCCN2CCOCC2)cc1)c1cccc2ccccc12. The topological polar surface area (TPSA) is 38.8 Å². The van der Waals surface area contributed by atoms with E-state index < -0.39 is 0 Å². The Morgan fingerprint density at radius 3 is 2.55 bits per heavy atom. The van der Waals surface area contributed by atoms with Gasteiger partial charge in [-0.15, -0.1) is 0 Å². The maximum atomic E-state index is 12.3. The summed E-state index contributed by atoms with van der Waals surface area (Å²) in [7, 11) is 0. The molecule has 0 amide bonds. The Kier molecular flexibility index (Phi) is 8.51. The van der Waals surface area contributed by atoms with Crippen molar-refractivity contribution in [3.05, 3.63) is 83.4 Å². The van der Waals surface area contributed by atoms with Gasteiger partial charge in [0.15, 0.2) is 0 Å². The van der Waals surface area contributed by atoms with E-state index in [0.29, 0.717) is 18.1 Å². The molecule has 1 aliphatic heterocycles. The number of unbranched alkanes of at least 4 members (excludes halogenated alkanes) is 1. The van der Waals surface area contributed by atoms with Crippen LogP contribution in [0.25, 0.3) is 10.8 Å². The summed E-state index contributed by atoms with van der Waals surface area (Å²) in [6, 6.07) is 23.2. The second-order valence-corrected chi connectivity index (χ2v) is 9.00. The molecule has 174 valence electrons. The molecule has 1 heterocycles. The molecule has 0 N–H and O–H groups in total. The number of morpholine rings is 1. The number of carbonyl (C=O) groups is 1. The van der Waals surface area contributed by atoms with Crippen LogP contribution >= 0.6 is 0 Å². The summed E-state index contributed by atoms with van der Waals surface area (Å²) in [6.07, 6.45) is 4.56. The minimum absolute atomic E-state index is 0.237. The minimum Gasteiger partial charge on any atom is -0.461 e. The highest BCUT2D eigenvalue weighted by Gasteiger charge is 2.12. The Bertz CT molecular complexity index is 1020. The van der Waals surface area contributed by atoms with Crippen LogP contribution in [0, 0.1) is 0 Å². The molecule has 0 bridgehead atoms. The van der Waals surface area contributed by atoms with Gasteiger partial charge in [-0.3, -0.25) is 4.90 Å². The molecule has 3 aromatic carbocycles. The maximum absolute atomic E-state index is 12.3. The molecule has 1 fully saturated rings. The van der Waals surface area contributed by atoms with Crippen LogP contribution in [-0.4, -0.2) is 50.3 Å². The van der Waals surface area contributed by atoms with Crippen molar-refractivity contribution < 1.29 is 14.3 Å². The molecule has 4 rings (SSSR count).